The number of H-pyrrole nitrogens is 1. The summed E-state index contributed by atoms with van der Waals surface area (Å²) in [7, 11) is 0. The summed E-state index contributed by atoms with van der Waals surface area (Å²) in [4.78, 5) is 23.6. The molecule has 0 spiro atoms. The van der Waals surface area contributed by atoms with Crippen molar-refractivity contribution in [2.45, 2.75) is 6.92 Å². The second-order valence-electron chi connectivity index (χ2n) is 4.77. The average molecular weight is 277 g/mol. The van der Waals surface area contributed by atoms with Crippen molar-refractivity contribution < 1.29 is 0 Å². The lowest BCUT2D eigenvalue weighted by Gasteiger charge is -2.03. The first kappa shape index (κ1) is 11.8. The predicted molar refractivity (Wildman–Crippen MR) is 79.5 cm³/mol. The number of aromatic amines is 1. The summed E-state index contributed by atoms with van der Waals surface area (Å²) in [6, 6.07) is 9.38. The third kappa shape index (κ3) is 1.66. The van der Waals surface area contributed by atoms with Crippen molar-refractivity contribution in [3.63, 3.8) is 0 Å². The van der Waals surface area contributed by atoms with Gasteiger partial charge in [0.2, 0.25) is 0 Å². The second kappa shape index (κ2) is 4.24. The van der Waals surface area contributed by atoms with Gasteiger partial charge in [0.05, 0.1) is 22.1 Å². The van der Waals surface area contributed by atoms with Gasteiger partial charge in [-0.2, -0.15) is 9.78 Å². The molecule has 4 aromatic rings. The summed E-state index contributed by atoms with van der Waals surface area (Å²) < 4.78 is 1.63. The summed E-state index contributed by atoms with van der Waals surface area (Å²) in [5.41, 5.74) is 2.01. The van der Waals surface area contributed by atoms with Gasteiger partial charge in [-0.3, -0.25) is 4.79 Å². The highest BCUT2D eigenvalue weighted by atomic mass is 16.1. The van der Waals surface area contributed by atoms with Gasteiger partial charge in [-0.25, -0.2) is 9.97 Å². The highest BCUT2D eigenvalue weighted by molar-refractivity contribution is 6.04. The van der Waals surface area contributed by atoms with Crippen molar-refractivity contribution in [2.75, 3.05) is 0 Å². The second-order valence-corrected chi connectivity index (χ2v) is 4.77. The zero-order chi connectivity index (χ0) is 14.4. The zero-order valence-electron chi connectivity index (χ0n) is 11.2. The number of hydrogen-bond acceptors (Lipinski definition) is 4. The summed E-state index contributed by atoms with van der Waals surface area (Å²) >= 11 is 0. The number of benzene rings is 1. The van der Waals surface area contributed by atoms with Crippen LogP contribution in [0.15, 0.2) is 47.5 Å². The molecule has 0 unspecified atom stereocenters. The quantitative estimate of drug-likeness (QED) is 0.577. The number of pyridine rings is 1. The monoisotopic (exact) mass is 277 g/mol. The van der Waals surface area contributed by atoms with Crippen molar-refractivity contribution >= 4 is 21.8 Å². The van der Waals surface area contributed by atoms with Crippen LogP contribution in [0.3, 0.4) is 0 Å². The Hall–Kier alpha value is -3.02. The molecule has 3 aromatic heterocycles. The molecule has 0 saturated carbocycles. The molecule has 0 aliphatic heterocycles. The number of nitrogens with one attached hydrogen (secondary N) is 1. The number of aromatic nitrogens is 5. The smallest absolute Gasteiger partial charge is 0.259 e. The summed E-state index contributed by atoms with van der Waals surface area (Å²) in [5.74, 6) is 0.450. The molecular formula is C15H11N5O. The van der Waals surface area contributed by atoms with E-state index in [1.165, 1.54) is 0 Å². The molecule has 4 rings (SSSR count). The molecule has 0 atom stereocenters. The number of aryl methyl sites for hydroxylation is 1. The lowest BCUT2D eigenvalue weighted by atomic mass is 10.1. The van der Waals surface area contributed by atoms with Gasteiger partial charge >= 0.3 is 0 Å². The molecule has 6 nitrogen and oxygen atoms in total. The van der Waals surface area contributed by atoms with Gasteiger partial charge in [-0.1, -0.05) is 18.2 Å². The third-order valence-corrected chi connectivity index (χ3v) is 3.46. The Labute approximate surface area is 119 Å². The minimum absolute atomic E-state index is 0.150. The van der Waals surface area contributed by atoms with E-state index in [4.69, 9.17) is 0 Å². The van der Waals surface area contributed by atoms with E-state index in [2.05, 4.69) is 20.1 Å². The Bertz CT molecular complexity index is 1020. The van der Waals surface area contributed by atoms with Crippen molar-refractivity contribution in [2.24, 2.45) is 0 Å². The Balaban J connectivity index is 2.26. The van der Waals surface area contributed by atoms with Gasteiger partial charge in [0, 0.05) is 17.8 Å². The van der Waals surface area contributed by atoms with E-state index in [0.29, 0.717) is 17.0 Å². The van der Waals surface area contributed by atoms with Crippen LogP contribution in [-0.4, -0.2) is 24.7 Å². The Morgan fingerprint density at radius 2 is 1.86 bits per heavy atom. The maximum Gasteiger partial charge on any atom is 0.259 e. The molecule has 0 saturated heterocycles. The normalized spacial score (nSPS) is 11.3. The largest absolute Gasteiger partial charge is 0.321 e. The number of nitrogens with zero attached hydrogens (tertiary/aromatic N) is 4. The standard InChI is InChI=1S/C15H11N5O/c1-9-12-13(20(19-9)15-16-7-4-8-17-15)10-5-2-3-6-11(10)18-14(12)21/h2-8H,1H3,(H,18,21). The molecule has 0 bridgehead atoms. The first-order valence-electron chi connectivity index (χ1n) is 6.53. The summed E-state index contributed by atoms with van der Waals surface area (Å²) in [6.45, 7) is 1.81. The van der Waals surface area contributed by atoms with E-state index < -0.39 is 0 Å². The van der Waals surface area contributed by atoms with Crippen LogP contribution in [0.1, 0.15) is 5.69 Å². The molecule has 21 heavy (non-hydrogen) atoms. The van der Waals surface area contributed by atoms with Gasteiger partial charge in [-0.05, 0) is 19.1 Å². The average Bonchev–Trinajstić information content (AvgIpc) is 2.87. The lowest BCUT2D eigenvalue weighted by molar-refractivity contribution is 0.821. The highest BCUT2D eigenvalue weighted by Crippen LogP contribution is 2.24. The molecular weight excluding hydrogens is 266 g/mol. The molecule has 1 N–H and O–H groups in total. The van der Waals surface area contributed by atoms with E-state index in [-0.39, 0.29) is 5.56 Å². The van der Waals surface area contributed by atoms with Crippen LogP contribution in [0.2, 0.25) is 0 Å². The first-order valence-corrected chi connectivity index (χ1v) is 6.53. The molecule has 0 radical (unpaired) electrons. The summed E-state index contributed by atoms with van der Waals surface area (Å²) in [6.07, 6.45) is 3.31. The fourth-order valence-corrected chi connectivity index (χ4v) is 2.58. The van der Waals surface area contributed by atoms with E-state index in [1.54, 1.807) is 23.1 Å². The molecule has 0 aliphatic carbocycles. The highest BCUT2D eigenvalue weighted by Gasteiger charge is 2.16. The zero-order valence-corrected chi connectivity index (χ0v) is 11.2. The predicted octanol–water partition coefficient (Wildman–Crippen LogP) is 1.97. The molecule has 6 heteroatoms. The minimum atomic E-state index is -0.150. The number of para-hydroxylation sites is 1. The molecule has 0 aliphatic rings. The fourth-order valence-electron chi connectivity index (χ4n) is 2.58. The van der Waals surface area contributed by atoms with Gasteiger partial charge in [-0.15, -0.1) is 0 Å². The van der Waals surface area contributed by atoms with Crippen LogP contribution in [0.5, 0.6) is 0 Å². The Kier molecular flexibility index (Phi) is 2.38. The van der Waals surface area contributed by atoms with Gasteiger partial charge in [0.1, 0.15) is 0 Å². The van der Waals surface area contributed by atoms with Crippen LogP contribution in [-0.2, 0) is 0 Å². The number of rotatable bonds is 1. The van der Waals surface area contributed by atoms with Crippen LogP contribution >= 0.6 is 0 Å². The molecule has 3 heterocycles. The lowest BCUT2D eigenvalue weighted by Crippen LogP contribution is -2.08. The van der Waals surface area contributed by atoms with Crippen molar-refractivity contribution in [3.8, 4) is 5.95 Å². The van der Waals surface area contributed by atoms with Crippen molar-refractivity contribution in [1.29, 1.82) is 0 Å². The Morgan fingerprint density at radius 3 is 2.67 bits per heavy atom. The molecule has 0 fully saturated rings. The van der Waals surface area contributed by atoms with Crippen LogP contribution in [0.4, 0.5) is 0 Å². The van der Waals surface area contributed by atoms with Crippen molar-refractivity contribution in [3.05, 3.63) is 58.8 Å². The SMILES string of the molecule is Cc1nn(-c2ncccn2)c2c1c(=O)[nH]c1ccccc12. The van der Waals surface area contributed by atoms with Gasteiger partial charge in [0.25, 0.3) is 11.5 Å². The van der Waals surface area contributed by atoms with E-state index in [1.807, 2.05) is 31.2 Å². The topological polar surface area (TPSA) is 76.5 Å². The summed E-state index contributed by atoms with van der Waals surface area (Å²) in [5, 5.41) is 5.93. The maximum absolute atomic E-state index is 12.3. The minimum Gasteiger partial charge on any atom is -0.321 e. The maximum atomic E-state index is 12.3. The van der Waals surface area contributed by atoms with E-state index in [0.717, 1.165) is 16.4 Å². The molecule has 1 aromatic carbocycles. The third-order valence-electron chi connectivity index (χ3n) is 3.46. The van der Waals surface area contributed by atoms with Crippen molar-refractivity contribution in [1.82, 2.24) is 24.7 Å². The van der Waals surface area contributed by atoms with Crippen LogP contribution < -0.4 is 5.56 Å². The van der Waals surface area contributed by atoms with Crippen LogP contribution in [0.25, 0.3) is 27.8 Å². The van der Waals surface area contributed by atoms with Crippen LogP contribution in [0, 0.1) is 6.92 Å². The fraction of sp³-hybridized carbons (Fsp3) is 0.0667. The molecule has 102 valence electrons. The number of hydrogen-bond donors (Lipinski definition) is 1. The molecule has 0 amide bonds. The van der Waals surface area contributed by atoms with E-state index >= 15 is 0 Å². The van der Waals surface area contributed by atoms with Gasteiger partial charge in [0.15, 0.2) is 0 Å². The van der Waals surface area contributed by atoms with E-state index in [9.17, 15) is 4.79 Å². The van der Waals surface area contributed by atoms with Gasteiger partial charge < -0.3 is 4.98 Å². The number of fused-ring (bicyclic) bond motifs is 3. The first-order chi connectivity index (χ1) is 10.3. The Morgan fingerprint density at radius 1 is 1.10 bits per heavy atom.